The van der Waals surface area contributed by atoms with Crippen molar-refractivity contribution in [1.82, 2.24) is 10.3 Å². The molecule has 17 heavy (non-hydrogen) atoms. The smallest absolute Gasteiger partial charge is 0.253 e. The van der Waals surface area contributed by atoms with Crippen molar-refractivity contribution in [2.75, 3.05) is 0 Å². The monoisotopic (exact) mass is 296 g/mol. The summed E-state index contributed by atoms with van der Waals surface area (Å²) < 4.78 is 0. The standard InChI is InChI=1S/C13H17BrN2O/c1-9-6-7-10(8-15-9)13(17)16-12-5-3-2-4-11(12)14/h6-8,11-12H,2-5H2,1H3,(H,16,17). The van der Waals surface area contributed by atoms with Gasteiger partial charge in [-0.1, -0.05) is 28.8 Å². The molecule has 0 spiro atoms. The highest BCUT2D eigenvalue weighted by Gasteiger charge is 2.24. The van der Waals surface area contributed by atoms with Crippen molar-refractivity contribution in [3.63, 3.8) is 0 Å². The van der Waals surface area contributed by atoms with Crippen LogP contribution in [0.1, 0.15) is 41.7 Å². The number of nitrogens with zero attached hydrogens (tertiary/aromatic N) is 1. The average molecular weight is 297 g/mol. The van der Waals surface area contributed by atoms with Crippen LogP contribution in [0.3, 0.4) is 0 Å². The lowest BCUT2D eigenvalue weighted by molar-refractivity contribution is 0.0929. The Labute approximate surface area is 110 Å². The van der Waals surface area contributed by atoms with Gasteiger partial charge in [-0.15, -0.1) is 0 Å². The van der Waals surface area contributed by atoms with E-state index < -0.39 is 0 Å². The molecule has 3 nitrogen and oxygen atoms in total. The molecule has 0 aliphatic heterocycles. The molecule has 0 bridgehead atoms. The second kappa shape index (κ2) is 5.63. The van der Waals surface area contributed by atoms with E-state index >= 15 is 0 Å². The lowest BCUT2D eigenvalue weighted by Crippen LogP contribution is -2.42. The number of hydrogen-bond acceptors (Lipinski definition) is 2. The minimum Gasteiger partial charge on any atom is -0.348 e. The van der Waals surface area contributed by atoms with Crippen LogP contribution in [-0.4, -0.2) is 21.8 Å². The highest BCUT2D eigenvalue weighted by atomic mass is 79.9. The van der Waals surface area contributed by atoms with E-state index in [1.54, 1.807) is 6.20 Å². The molecule has 1 heterocycles. The third-order valence-corrected chi connectivity index (χ3v) is 4.27. The molecule has 2 rings (SSSR count). The SMILES string of the molecule is Cc1ccc(C(=O)NC2CCCCC2Br)cn1. The maximum atomic E-state index is 12.0. The summed E-state index contributed by atoms with van der Waals surface area (Å²) in [6.07, 6.45) is 6.27. The summed E-state index contributed by atoms with van der Waals surface area (Å²) in [5.74, 6) is -0.0196. The van der Waals surface area contributed by atoms with Crippen molar-refractivity contribution in [1.29, 1.82) is 0 Å². The summed E-state index contributed by atoms with van der Waals surface area (Å²) in [4.78, 5) is 16.5. The molecular weight excluding hydrogens is 280 g/mol. The number of aryl methyl sites for hydroxylation is 1. The number of pyridine rings is 1. The first kappa shape index (κ1) is 12.6. The number of nitrogens with one attached hydrogen (secondary N) is 1. The van der Waals surface area contributed by atoms with Crippen LogP contribution in [0.25, 0.3) is 0 Å². The van der Waals surface area contributed by atoms with E-state index in [1.807, 2.05) is 19.1 Å². The van der Waals surface area contributed by atoms with E-state index in [4.69, 9.17) is 0 Å². The van der Waals surface area contributed by atoms with Crippen LogP contribution in [0.4, 0.5) is 0 Å². The van der Waals surface area contributed by atoms with Gasteiger partial charge in [0.15, 0.2) is 0 Å². The van der Waals surface area contributed by atoms with E-state index in [-0.39, 0.29) is 11.9 Å². The van der Waals surface area contributed by atoms with Gasteiger partial charge in [-0.25, -0.2) is 0 Å². The van der Waals surface area contributed by atoms with E-state index in [0.29, 0.717) is 10.4 Å². The lowest BCUT2D eigenvalue weighted by Gasteiger charge is -2.28. The van der Waals surface area contributed by atoms with Crippen molar-refractivity contribution in [2.45, 2.75) is 43.5 Å². The molecular formula is C13H17BrN2O. The highest BCUT2D eigenvalue weighted by molar-refractivity contribution is 9.09. The predicted octanol–water partition coefficient (Wildman–Crippen LogP) is 2.83. The Kier molecular flexibility index (Phi) is 4.15. The second-order valence-electron chi connectivity index (χ2n) is 4.57. The quantitative estimate of drug-likeness (QED) is 0.853. The Morgan fingerprint density at radius 3 is 2.82 bits per heavy atom. The molecule has 0 aromatic carbocycles. The Morgan fingerprint density at radius 2 is 2.18 bits per heavy atom. The van der Waals surface area contributed by atoms with Gasteiger partial charge in [-0.3, -0.25) is 9.78 Å². The summed E-state index contributed by atoms with van der Waals surface area (Å²) in [7, 11) is 0. The summed E-state index contributed by atoms with van der Waals surface area (Å²) in [5.41, 5.74) is 1.57. The number of aromatic nitrogens is 1. The lowest BCUT2D eigenvalue weighted by atomic mass is 9.95. The van der Waals surface area contributed by atoms with Gasteiger partial charge in [0.1, 0.15) is 0 Å². The maximum absolute atomic E-state index is 12.0. The van der Waals surface area contributed by atoms with Gasteiger partial charge in [-0.05, 0) is 31.9 Å². The zero-order chi connectivity index (χ0) is 12.3. The van der Waals surface area contributed by atoms with Gasteiger partial charge in [0.05, 0.1) is 5.56 Å². The van der Waals surface area contributed by atoms with Crippen molar-refractivity contribution < 1.29 is 4.79 Å². The van der Waals surface area contributed by atoms with Crippen LogP contribution in [-0.2, 0) is 0 Å². The van der Waals surface area contributed by atoms with Crippen molar-refractivity contribution in [3.8, 4) is 0 Å². The summed E-state index contributed by atoms with van der Waals surface area (Å²) in [6, 6.07) is 3.93. The van der Waals surface area contributed by atoms with Crippen molar-refractivity contribution >= 4 is 21.8 Å². The van der Waals surface area contributed by atoms with Crippen molar-refractivity contribution in [3.05, 3.63) is 29.6 Å². The largest absolute Gasteiger partial charge is 0.348 e. The second-order valence-corrected chi connectivity index (χ2v) is 5.74. The molecule has 1 fully saturated rings. The van der Waals surface area contributed by atoms with E-state index in [1.165, 1.54) is 12.8 Å². The number of hydrogen-bond donors (Lipinski definition) is 1. The fourth-order valence-corrected chi connectivity index (χ4v) is 2.82. The summed E-state index contributed by atoms with van der Waals surface area (Å²) in [6.45, 7) is 1.91. The fraction of sp³-hybridized carbons (Fsp3) is 0.538. The molecule has 1 saturated carbocycles. The molecule has 1 aliphatic rings. The molecule has 1 aromatic rings. The van der Waals surface area contributed by atoms with Crippen molar-refractivity contribution in [2.24, 2.45) is 0 Å². The highest BCUT2D eigenvalue weighted by Crippen LogP contribution is 2.24. The Morgan fingerprint density at radius 1 is 1.41 bits per heavy atom. The number of halogens is 1. The first-order valence-electron chi connectivity index (χ1n) is 6.04. The number of carbonyl (C=O) groups is 1. The maximum Gasteiger partial charge on any atom is 0.253 e. The van der Waals surface area contributed by atoms with Crippen LogP contribution in [0, 0.1) is 6.92 Å². The first-order chi connectivity index (χ1) is 8.16. The van der Waals surface area contributed by atoms with Gasteiger partial charge >= 0.3 is 0 Å². The zero-order valence-corrected chi connectivity index (χ0v) is 11.5. The number of rotatable bonds is 2. The fourth-order valence-electron chi connectivity index (χ4n) is 2.10. The molecule has 0 radical (unpaired) electrons. The Hall–Kier alpha value is -0.900. The number of alkyl halides is 1. The van der Waals surface area contributed by atoms with Crippen LogP contribution in [0.5, 0.6) is 0 Å². The third kappa shape index (κ3) is 3.28. The third-order valence-electron chi connectivity index (χ3n) is 3.17. The molecule has 2 atom stereocenters. The minimum absolute atomic E-state index is 0.0196. The van der Waals surface area contributed by atoms with Gasteiger partial charge < -0.3 is 5.32 Å². The van der Waals surface area contributed by atoms with Crippen LogP contribution >= 0.6 is 15.9 Å². The molecule has 1 amide bonds. The topological polar surface area (TPSA) is 42.0 Å². The molecule has 0 saturated heterocycles. The number of amides is 1. The summed E-state index contributed by atoms with van der Waals surface area (Å²) in [5, 5.41) is 3.08. The van der Waals surface area contributed by atoms with Crippen LogP contribution in [0.2, 0.25) is 0 Å². The first-order valence-corrected chi connectivity index (χ1v) is 6.96. The Balaban J connectivity index is 1.98. The molecule has 92 valence electrons. The van der Waals surface area contributed by atoms with Crippen LogP contribution in [0.15, 0.2) is 18.3 Å². The van der Waals surface area contributed by atoms with E-state index in [2.05, 4.69) is 26.2 Å². The molecule has 1 aliphatic carbocycles. The zero-order valence-electron chi connectivity index (χ0n) is 9.95. The van der Waals surface area contributed by atoms with Gasteiger partial charge in [0, 0.05) is 22.8 Å². The van der Waals surface area contributed by atoms with E-state index in [0.717, 1.165) is 18.5 Å². The van der Waals surface area contributed by atoms with Gasteiger partial charge in [-0.2, -0.15) is 0 Å². The average Bonchev–Trinajstić information content (AvgIpc) is 2.33. The molecule has 1 N–H and O–H groups in total. The van der Waals surface area contributed by atoms with E-state index in [9.17, 15) is 4.79 Å². The number of carbonyl (C=O) groups excluding carboxylic acids is 1. The summed E-state index contributed by atoms with van der Waals surface area (Å²) >= 11 is 3.64. The Bertz CT molecular complexity index is 391. The predicted molar refractivity (Wildman–Crippen MR) is 71.4 cm³/mol. The van der Waals surface area contributed by atoms with Crippen LogP contribution < -0.4 is 5.32 Å². The normalized spacial score (nSPS) is 24.4. The van der Waals surface area contributed by atoms with Gasteiger partial charge in [0.2, 0.25) is 0 Å². The molecule has 1 aromatic heterocycles. The molecule has 2 unspecified atom stereocenters. The van der Waals surface area contributed by atoms with Gasteiger partial charge in [0.25, 0.3) is 5.91 Å². The minimum atomic E-state index is -0.0196. The molecule has 4 heteroatoms.